The SMILES string of the molecule is N#Cc1c[n+]([O-])ccc1[N+](=O)[O-]. The van der Waals surface area contributed by atoms with E-state index in [0.717, 1.165) is 18.5 Å². The van der Waals surface area contributed by atoms with Crippen LogP contribution in [0.1, 0.15) is 5.56 Å². The zero-order chi connectivity index (χ0) is 9.14. The maximum atomic E-state index is 10.6. The van der Waals surface area contributed by atoms with Gasteiger partial charge in [-0.15, -0.1) is 0 Å². The van der Waals surface area contributed by atoms with E-state index in [0.29, 0.717) is 4.73 Å². The van der Waals surface area contributed by atoms with Gasteiger partial charge < -0.3 is 5.21 Å². The maximum absolute atomic E-state index is 10.6. The Kier molecular flexibility index (Phi) is 1.88. The molecular formula is C6H3N3O3. The molecule has 0 fully saturated rings. The van der Waals surface area contributed by atoms with Gasteiger partial charge in [0.15, 0.2) is 11.8 Å². The van der Waals surface area contributed by atoms with Crippen molar-refractivity contribution in [2.45, 2.75) is 0 Å². The van der Waals surface area contributed by atoms with E-state index >= 15 is 0 Å². The molecular weight excluding hydrogens is 162 g/mol. The summed E-state index contributed by atoms with van der Waals surface area (Å²) in [5, 5.41) is 29.2. The molecule has 0 aliphatic carbocycles. The van der Waals surface area contributed by atoms with Crippen LogP contribution >= 0.6 is 0 Å². The van der Waals surface area contributed by atoms with E-state index in [2.05, 4.69) is 0 Å². The highest BCUT2D eigenvalue weighted by atomic mass is 16.6. The van der Waals surface area contributed by atoms with Gasteiger partial charge >= 0.3 is 0 Å². The molecule has 1 aromatic rings. The molecule has 0 amide bonds. The predicted octanol–water partition coefficient (Wildman–Crippen LogP) is 0.0999. The third-order valence-corrected chi connectivity index (χ3v) is 1.23. The molecule has 0 N–H and O–H groups in total. The molecule has 6 heteroatoms. The lowest BCUT2D eigenvalue weighted by atomic mass is 10.2. The second kappa shape index (κ2) is 2.84. The molecule has 0 radical (unpaired) electrons. The molecule has 1 rings (SSSR count). The van der Waals surface area contributed by atoms with Gasteiger partial charge in [-0.1, -0.05) is 0 Å². The highest BCUT2D eigenvalue weighted by molar-refractivity contribution is 5.44. The number of hydrogen-bond donors (Lipinski definition) is 0. The van der Waals surface area contributed by atoms with Gasteiger partial charge in [0.05, 0.1) is 11.0 Å². The first-order chi connectivity index (χ1) is 5.65. The quantitative estimate of drug-likeness (QED) is 0.255. The topological polar surface area (TPSA) is 93.9 Å². The number of aromatic nitrogens is 1. The first-order valence-corrected chi connectivity index (χ1v) is 2.92. The van der Waals surface area contributed by atoms with Crippen LogP contribution in [0.2, 0.25) is 0 Å². The maximum Gasteiger partial charge on any atom is 0.299 e. The van der Waals surface area contributed by atoms with Crippen molar-refractivity contribution in [3.8, 4) is 6.07 Å². The van der Waals surface area contributed by atoms with Crippen molar-refractivity contribution in [1.82, 2.24) is 0 Å². The third kappa shape index (κ3) is 1.29. The van der Waals surface area contributed by atoms with Crippen LogP contribution in [0.5, 0.6) is 0 Å². The van der Waals surface area contributed by atoms with Crippen LogP contribution in [-0.4, -0.2) is 4.92 Å². The highest BCUT2D eigenvalue weighted by Gasteiger charge is 2.15. The number of nitro groups is 1. The van der Waals surface area contributed by atoms with Gasteiger partial charge in [0, 0.05) is 0 Å². The van der Waals surface area contributed by atoms with Gasteiger partial charge in [0.2, 0.25) is 6.20 Å². The van der Waals surface area contributed by atoms with Crippen molar-refractivity contribution in [3.05, 3.63) is 39.3 Å². The summed E-state index contributed by atoms with van der Waals surface area (Å²) in [4.78, 5) is 9.53. The van der Waals surface area contributed by atoms with Crippen LogP contribution in [0.25, 0.3) is 0 Å². The van der Waals surface area contributed by atoms with Crippen molar-refractivity contribution in [2.75, 3.05) is 0 Å². The first-order valence-electron chi connectivity index (χ1n) is 2.92. The standard InChI is InChI=1S/C6H3N3O3/c7-3-5-4-8(10)2-1-6(5)9(11)12/h1-2,4H. The number of rotatable bonds is 1. The van der Waals surface area contributed by atoms with Crippen LogP contribution in [-0.2, 0) is 0 Å². The van der Waals surface area contributed by atoms with Gasteiger partial charge in [-0.2, -0.15) is 9.99 Å². The van der Waals surface area contributed by atoms with Gasteiger partial charge in [0.1, 0.15) is 6.07 Å². The molecule has 12 heavy (non-hydrogen) atoms. The molecule has 6 nitrogen and oxygen atoms in total. The first kappa shape index (κ1) is 7.94. The third-order valence-electron chi connectivity index (χ3n) is 1.23. The Morgan fingerprint density at radius 3 is 2.83 bits per heavy atom. The average Bonchev–Trinajstić information content (AvgIpc) is 2.03. The Bertz CT molecular complexity index is 369. The zero-order valence-corrected chi connectivity index (χ0v) is 5.80. The smallest absolute Gasteiger partial charge is 0.299 e. The lowest BCUT2D eigenvalue weighted by Crippen LogP contribution is -2.25. The Morgan fingerprint density at radius 1 is 1.67 bits per heavy atom. The molecule has 0 bridgehead atoms. The minimum absolute atomic E-state index is 0.238. The number of nitriles is 1. The minimum Gasteiger partial charge on any atom is -0.619 e. The van der Waals surface area contributed by atoms with Crippen molar-refractivity contribution in [1.29, 1.82) is 5.26 Å². The molecule has 0 aliphatic heterocycles. The fourth-order valence-corrected chi connectivity index (χ4v) is 0.716. The number of nitrogens with zero attached hydrogens (tertiary/aromatic N) is 3. The van der Waals surface area contributed by atoms with Gasteiger partial charge in [0.25, 0.3) is 5.69 Å². The summed E-state index contributed by atoms with van der Waals surface area (Å²) in [5.74, 6) is 0. The molecule has 0 saturated heterocycles. The molecule has 0 saturated carbocycles. The molecule has 0 aliphatic rings. The lowest BCUT2D eigenvalue weighted by Gasteiger charge is -1.94. The van der Waals surface area contributed by atoms with Crippen LogP contribution < -0.4 is 4.73 Å². The van der Waals surface area contributed by atoms with E-state index in [4.69, 9.17) is 5.26 Å². The summed E-state index contributed by atoms with van der Waals surface area (Å²) in [5.41, 5.74) is -0.595. The molecule has 0 unspecified atom stereocenters. The Balaban J connectivity index is 3.32. The summed E-state index contributed by atoms with van der Waals surface area (Å²) in [7, 11) is 0. The van der Waals surface area contributed by atoms with Gasteiger partial charge in [-0.25, -0.2) is 0 Å². The van der Waals surface area contributed by atoms with E-state index < -0.39 is 4.92 Å². The van der Waals surface area contributed by atoms with Crippen molar-refractivity contribution < 1.29 is 9.65 Å². The Labute approximate surface area is 67.0 Å². The lowest BCUT2D eigenvalue weighted by molar-refractivity contribution is -0.606. The largest absolute Gasteiger partial charge is 0.619 e. The van der Waals surface area contributed by atoms with Crippen molar-refractivity contribution >= 4 is 5.69 Å². The van der Waals surface area contributed by atoms with Crippen molar-refractivity contribution in [2.24, 2.45) is 0 Å². The van der Waals surface area contributed by atoms with E-state index in [-0.39, 0.29) is 11.3 Å². The van der Waals surface area contributed by atoms with Crippen LogP contribution in [0.15, 0.2) is 18.5 Å². The molecule has 0 atom stereocenters. The van der Waals surface area contributed by atoms with E-state index in [9.17, 15) is 15.3 Å². The van der Waals surface area contributed by atoms with Crippen LogP contribution in [0.4, 0.5) is 5.69 Å². The number of hydrogen-bond acceptors (Lipinski definition) is 4. The van der Waals surface area contributed by atoms with Crippen LogP contribution in [0.3, 0.4) is 0 Å². The minimum atomic E-state index is -0.710. The molecule has 1 heterocycles. The Morgan fingerprint density at radius 2 is 2.33 bits per heavy atom. The van der Waals surface area contributed by atoms with E-state index in [1.807, 2.05) is 0 Å². The zero-order valence-electron chi connectivity index (χ0n) is 5.80. The van der Waals surface area contributed by atoms with Gasteiger partial charge in [-0.05, 0) is 0 Å². The fraction of sp³-hybridized carbons (Fsp3) is 0. The molecule has 0 aromatic carbocycles. The monoisotopic (exact) mass is 165 g/mol. The second-order valence-corrected chi connectivity index (χ2v) is 1.97. The summed E-state index contributed by atoms with van der Waals surface area (Å²) >= 11 is 0. The molecule has 60 valence electrons. The fourth-order valence-electron chi connectivity index (χ4n) is 0.716. The second-order valence-electron chi connectivity index (χ2n) is 1.97. The average molecular weight is 165 g/mol. The normalized spacial score (nSPS) is 8.92. The van der Waals surface area contributed by atoms with Crippen molar-refractivity contribution in [3.63, 3.8) is 0 Å². The van der Waals surface area contributed by atoms with Gasteiger partial charge in [-0.3, -0.25) is 10.1 Å². The summed E-state index contributed by atoms with van der Waals surface area (Å²) in [6.07, 6.45) is 1.83. The highest BCUT2D eigenvalue weighted by Crippen LogP contribution is 2.13. The summed E-state index contributed by atoms with van der Waals surface area (Å²) < 4.78 is 0.339. The molecule has 0 spiro atoms. The summed E-state index contributed by atoms with van der Waals surface area (Å²) in [6, 6.07) is 2.55. The predicted molar refractivity (Wildman–Crippen MR) is 36.8 cm³/mol. The van der Waals surface area contributed by atoms with E-state index in [1.165, 1.54) is 0 Å². The summed E-state index contributed by atoms with van der Waals surface area (Å²) in [6.45, 7) is 0. The Hall–Kier alpha value is -2.16. The molecule has 1 aromatic heterocycles. The van der Waals surface area contributed by atoms with Crippen LogP contribution in [0, 0.1) is 26.7 Å². The number of pyridine rings is 1. The van der Waals surface area contributed by atoms with E-state index in [1.54, 1.807) is 6.07 Å².